The average Bonchev–Trinajstić information content (AvgIpc) is 2.25. The Morgan fingerprint density at radius 2 is 1.65 bits per heavy atom. The maximum Gasteiger partial charge on any atom is 0.211 e. The van der Waals surface area contributed by atoms with Gasteiger partial charge in [0.2, 0.25) is 5.96 Å². The molecule has 0 aromatic heterocycles. The van der Waals surface area contributed by atoms with Gasteiger partial charge in [-0.2, -0.15) is 5.10 Å². The molecule has 0 aliphatic rings. The molecule has 1 aromatic rings. The van der Waals surface area contributed by atoms with Gasteiger partial charge in [-0.25, -0.2) is 8.42 Å². The molecule has 0 spiro atoms. The van der Waals surface area contributed by atoms with Crippen molar-refractivity contribution in [2.75, 3.05) is 6.26 Å². The van der Waals surface area contributed by atoms with Crippen LogP contribution in [0.15, 0.2) is 39.4 Å². The van der Waals surface area contributed by atoms with E-state index in [9.17, 15) is 8.42 Å². The Morgan fingerprint density at radius 1 is 1.12 bits per heavy atom. The smallest absolute Gasteiger partial charge is 0.211 e. The molecule has 0 saturated carbocycles. The summed E-state index contributed by atoms with van der Waals surface area (Å²) in [5.41, 5.74) is 11.6. The maximum absolute atomic E-state index is 11.2. The van der Waals surface area contributed by atoms with E-state index < -0.39 is 9.84 Å². The van der Waals surface area contributed by atoms with Crippen molar-refractivity contribution in [3.05, 3.63) is 29.8 Å². The van der Waals surface area contributed by atoms with Gasteiger partial charge in [0.05, 0.1) is 10.6 Å². The number of hydrogen-bond acceptors (Lipinski definition) is 4. The van der Waals surface area contributed by atoms with E-state index >= 15 is 0 Å². The third kappa shape index (κ3) is 3.87. The van der Waals surface area contributed by atoms with Gasteiger partial charge in [0.25, 0.3) is 0 Å². The van der Waals surface area contributed by atoms with Crippen LogP contribution in [0.25, 0.3) is 0 Å². The summed E-state index contributed by atoms with van der Waals surface area (Å²) in [6, 6.07) is 6.33. The Bertz CT molecular complexity index is 554. The second-order valence-electron chi connectivity index (χ2n) is 3.51. The number of hydrogen-bond donors (Lipinski definition) is 2. The van der Waals surface area contributed by atoms with Crippen LogP contribution in [-0.2, 0) is 9.84 Å². The lowest BCUT2D eigenvalue weighted by molar-refractivity contribution is 0.602. The van der Waals surface area contributed by atoms with E-state index in [2.05, 4.69) is 10.2 Å². The van der Waals surface area contributed by atoms with Gasteiger partial charge in [-0.3, -0.25) is 0 Å². The van der Waals surface area contributed by atoms with E-state index in [-0.39, 0.29) is 10.9 Å². The van der Waals surface area contributed by atoms with Gasteiger partial charge in [0, 0.05) is 6.26 Å². The highest BCUT2D eigenvalue weighted by Crippen LogP contribution is 2.11. The van der Waals surface area contributed by atoms with Crippen molar-refractivity contribution < 1.29 is 8.42 Å². The molecular formula is C10H14N4O2S. The Hall–Kier alpha value is -1.89. The lowest BCUT2D eigenvalue weighted by Crippen LogP contribution is -2.22. The van der Waals surface area contributed by atoms with Gasteiger partial charge in [-0.15, -0.1) is 5.10 Å². The molecule has 7 heteroatoms. The van der Waals surface area contributed by atoms with Crippen LogP contribution in [0, 0.1) is 0 Å². The number of sulfone groups is 1. The summed E-state index contributed by atoms with van der Waals surface area (Å²) in [5, 5.41) is 7.30. The second-order valence-corrected chi connectivity index (χ2v) is 5.52. The van der Waals surface area contributed by atoms with Crippen LogP contribution in [0.3, 0.4) is 0 Å². The van der Waals surface area contributed by atoms with Gasteiger partial charge in [-0.05, 0) is 24.6 Å². The minimum Gasteiger partial charge on any atom is -0.369 e. The van der Waals surface area contributed by atoms with E-state index in [0.29, 0.717) is 5.71 Å². The number of nitrogens with zero attached hydrogens (tertiary/aromatic N) is 2. The first-order chi connectivity index (χ1) is 7.80. The summed E-state index contributed by atoms with van der Waals surface area (Å²) in [7, 11) is -3.18. The average molecular weight is 254 g/mol. The molecule has 92 valence electrons. The molecule has 1 rings (SSSR count). The summed E-state index contributed by atoms with van der Waals surface area (Å²) in [4.78, 5) is 0.260. The Labute approximate surface area is 100.0 Å². The molecule has 0 amide bonds. The van der Waals surface area contributed by atoms with E-state index in [1.165, 1.54) is 12.1 Å². The summed E-state index contributed by atoms with van der Waals surface area (Å²) in [5.74, 6) is -0.128. The molecule has 4 N–H and O–H groups in total. The van der Waals surface area contributed by atoms with Crippen molar-refractivity contribution in [2.45, 2.75) is 11.8 Å². The van der Waals surface area contributed by atoms with E-state index in [4.69, 9.17) is 11.5 Å². The van der Waals surface area contributed by atoms with Crippen LogP contribution < -0.4 is 11.5 Å². The lowest BCUT2D eigenvalue weighted by atomic mass is 10.1. The normalized spacial score (nSPS) is 12.2. The second kappa shape index (κ2) is 4.96. The van der Waals surface area contributed by atoms with Crippen LogP contribution in [0.2, 0.25) is 0 Å². The van der Waals surface area contributed by atoms with Crippen molar-refractivity contribution in [3.63, 3.8) is 0 Å². The Morgan fingerprint density at radius 3 is 2.06 bits per heavy atom. The molecule has 0 aliphatic heterocycles. The zero-order chi connectivity index (χ0) is 13.1. The fourth-order valence-electron chi connectivity index (χ4n) is 1.13. The molecule has 0 radical (unpaired) electrons. The summed E-state index contributed by atoms with van der Waals surface area (Å²) < 4.78 is 22.5. The fourth-order valence-corrected chi connectivity index (χ4v) is 1.76. The Kier molecular flexibility index (Phi) is 3.84. The van der Waals surface area contributed by atoms with Crippen LogP contribution in [-0.4, -0.2) is 26.3 Å². The number of benzene rings is 1. The largest absolute Gasteiger partial charge is 0.369 e. The van der Waals surface area contributed by atoms with Crippen molar-refractivity contribution in [1.82, 2.24) is 0 Å². The maximum atomic E-state index is 11.2. The zero-order valence-corrected chi connectivity index (χ0v) is 10.4. The summed E-state index contributed by atoms with van der Waals surface area (Å²) >= 11 is 0. The molecule has 0 saturated heterocycles. The standard InChI is InChI=1S/C10H14N4O2S/c1-7(13-14-10(11)12)8-3-5-9(6-4-8)17(2,15)16/h3-6H,1-2H3,(H4,11,12,14)/b13-7-. The topological polar surface area (TPSA) is 111 Å². The molecule has 0 heterocycles. The minimum atomic E-state index is -3.18. The monoisotopic (exact) mass is 254 g/mol. The molecular weight excluding hydrogens is 240 g/mol. The first-order valence-electron chi connectivity index (χ1n) is 4.74. The zero-order valence-electron chi connectivity index (χ0n) is 9.58. The highest BCUT2D eigenvalue weighted by atomic mass is 32.2. The van der Waals surface area contributed by atoms with Gasteiger partial charge in [0.1, 0.15) is 0 Å². The first-order valence-corrected chi connectivity index (χ1v) is 6.63. The molecule has 17 heavy (non-hydrogen) atoms. The molecule has 6 nitrogen and oxygen atoms in total. The fraction of sp³-hybridized carbons (Fsp3) is 0.200. The molecule has 0 atom stereocenters. The quantitative estimate of drug-likeness (QED) is 0.452. The number of guanidine groups is 1. The molecule has 1 aromatic carbocycles. The van der Waals surface area contributed by atoms with Crippen molar-refractivity contribution in [3.8, 4) is 0 Å². The van der Waals surface area contributed by atoms with Crippen LogP contribution in [0.1, 0.15) is 12.5 Å². The van der Waals surface area contributed by atoms with E-state index in [1.807, 2.05) is 0 Å². The predicted molar refractivity (Wildman–Crippen MR) is 67.6 cm³/mol. The van der Waals surface area contributed by atoms with E-state index in [1.54, 1.807) is 19.1 Å². The van der Waals surface area contributed by atoms with Gasteiger partial charge in [0.15, 0.2) is 9.84 Å². The number of nitrogens with two attached hydrogens (primary N) is 2. The van der Waals surface area contributed by atoms with E-state index in [0.717, 1.165) is 11.8 Å². The number of rotatable bonds is 3. The molecule has 0 fully saturated rings. The SMILES string of the molecule is C/C(=N/N=C(N)N)c1ccc(S(C)(=O)=O)cc1. The van der Waals surface area contributed by atoms with Crippen LogP contribution in [0.4, 0.5) is 0 Å². The minimum absolute atomic E-state index is 0.128. The van der Waals surface area contributed by atoms with Crippen molar-refractivity contribution >= 4 is 21.5 Å². The van der Waals surface area contributed by atoms with Crippen LogP contribution in [0.5, 0.6) is 0 Å². The van der Waals surface area contributed by atoms with Gasteiger partial charge >= 0.3 is 0 Å². The van der Waals surface area contributed by atoms with Crippen molar-refractivity contribution in [1.29, 1.82) is 0 Å². The third-order valence-electron chi connectivity index (χ3n) is 2.02. The third-order valence-corrected chi connectivity index (χ3v) is 3.14. The summed E-state index contributed by atoms with van der Waals surface area (Å²) in [6.07, 6.45) is 1.16. The predicted octanol–water partition coefficient (Wildman–Crippen LogP) is 0.0875. The van der Waals surface area contributed by atoms with Gasteiger partial charge < -0.3 is 11.5 Å². The Balaban J connectivity index is 3.04. The summed E-state index contributed by atoms with van der Waals surface area (Å²) in [6.45, 7) is 1.72. The first kappa shape index (κ1) is 13.2. The molecule has 0 bridgehead atoms. The molecule has 0 aliphatic carbocycles. The van der Waals surface area contributed by atoms with Crippen LogP contribution >= 0.6 is 0 Å². The van der Waals surface area contributed by atoms with Gasteiger partial charge in [-0.1, -0.05) is 12.1 Å². The highest BCUT2D eigenvalue weighted by Gasteiger charge is 2.06. The molecule has 0 unspecified atom stereocenters. The highest BCUT2D eigenvalue weighted by molar-refractivity contribution is 7.90. The van der Waals surface area contributed by atoms with Crippen molar-refractivity contribution in [2.24, 2.45) is 21.7 Å². The lowest BCUT2D eigenvalue weighted by Gasteiger charge is -2.01.